The van der Waals surface area contributed by atoms with Gasteiger partial charge in [0.05, 0.1) is 0 Å². The molecule has 120 valence electrons. The number of carbonyl (C=O) groups is 2. The lowest BCUT2D eigenvalue weighted by Crippen LogP contribution is -2.41. The summed E-state index contributed by atoms with van der Waals surface area (Å²) in [5.41, 5.74) is 3.04. The van der Waals surface area contributed by atoms with Crippen LogP contribution in [-0.2, 0) is 22.6 Å². The SMILES string of the molecule is O=C(NO)C(Cc1ccccc1)C(=O)NCc1ccc(F)cc1. The van der Waals surface area contributed by atoms with Gasteiger partial charge in [0.1, 0.15) is 11.7 Å². The van der Waals surface area contributed by atoms with Crippen molar-refractivity contribution in [2.75, 3.05) is 0 Å². The van der Waals surface area contributed by atoms with Gasteiger partial charge in [-0.1, -0.05) is 42.5 Å². The largest absolute Gasteiger partial charge is 0.351 e. The van der Waals surface area contributed by atoms with Crippen molar-refractivity contribution in [1.29, 1.82) is 0 Å². The lowest BCUT2D eigenvalue weighted by Gasteiger charge is -2.15. The molecular formula is C17H17FN2O3. The van der Waals surface area contributed by atoms with Gasteiger partial charge in [0.25, 0.3) is 5.91 Å². The molecule has 0 spiro atoms. The highest BCUT2D eigenvalue weighted by molar-refractivity contribution is 6.00. The van der Waals surface area contributed by atoms with E-state index in [1.165, 1.54) is 17.6 Å². The van der Waals surface area contributed by atoms with E-state index in [0.29, 0.717) is 5.56 Å². The smallest absolute Gasteiger partial charge is 0.256 e. The van der Waals surface area contributed by atoms with E-state index in [-0.39, 0.29) is 18.8 Å². The minimum atomic E-state index is -1.05. The van der Waals surface area contributed by atoms with E-state index in [9.17, 15) is 14.0 Å². The average Bonchev–Trinajstić information content (AvgIpc) is 2.59. The van der Waals surface area contributed by atoms with Crippen LogP contribution in [0.25, 0.3) is 0 Å². The Hall–Kier alpha value is -2.73. The predicted molar refractivity (Wildman–Crippen MR) is 81.8 cm³/mol. The van der Waals surface area contributed by atoms with Gasteiger partial charge in [-0.05, 0) is 29.7 Å². The van der Waals surface area contributed by atoms with Gasteiger partial charge >= 0.3 is 0 Å². The van der Waals surface area contributed by atoms with Crippen molar-refractivity contribution >= 4 is 11.8 Å². The molecule has 23 heavy (non-hydrogen) atoms. The number of amides is 2. The van der Waals surface area contributed by atoms with Crippen LogP contribution in [0.4, 0.5) is 4.39 Å². The molecule has 5 nitrogen and oxygen atoms in total. The number of rotatable bonds is 6. The van der Waals surface area contributed by atoms with Gasteiger partial charge in [-0.3, -0.25) is 14.8 Å². The Labute approximate surface area is 133 Å². The second-order valence-corrected chi connectivity index (χ2v) is 5.06. The van der Waals surface area contributed by atoms with Crippen molar-refractivity contribution in [3.63, 3.8) is 0 Å². The van der Waals surface area contributed by atoms with E-state index in [1.54, 1.807) is 36.4 Å². The monoisotopic (exact) mass is 316 g/mol. The highest BCUT2D eigenvalue weighted by atomic mass is 19.1. The number of nitrogens with one attached hydrogen (secondary N) is 2. The Morgan fingerprint density at radius 2 is 1.61 bits per heavy atom. The zero-order chi connectivity index (χ0) is 16.7. The van der Waals surface area contributed by atoms with Crippen molar-refractivity contribution in [2.45, 2.75) is 13.0 Å². The first-order chi connectivity index (χ1) is 11.1. The molecule has 2 aromatic rings. The number of carbonyl (C=O) groups excluding carboxylic acids is 2. The van der Waals surface area contributed by atoms with E-state index in [2.05, 4.69) is 5.32 Å². The Kier molecular flexibility index (Phi) is 5.82. The molecule has 1 atom stereocenters. The average molecular weight is 316 g/mol. The molecule has 0 heterocycles. The quantitative estimate of drug-likeness (QED) is 0.432. The third-order valence-corrected chi connectivity index (χ3v) is 3.41. The third kappa shape index (κ3) is 4.89. The zero-order valence-corrected chi connectivity index (χ0v) is 12.3. The summed E-state index contributed by atoms with van der Waals surface area (Å²) in [6.45, 7) is 0.170. The van der Waals surface area contributed by atoms with Gasteiger partial charge in [0, 0.05) is 6.54 Å². The van der Waals surface area contributed by atoms with E-state index < -0.39 is 17.7 Å². The summed E-state index contributed by atoms with van der Waals surface area (Å²) in [6, 6.07) is 14.7. The fraction of sp³-hybridized carbons (Fsp3) is 0.176. The summed E-state index contributed by atoms with van der Waals surface area (Å²) in [5.74, 6) is -2.69. The minimum absolute atomic E-state index is 0.169. The highest BCUT2D eigenvalue weighted by Crippen LogP contribution is 2.10. The molecule has 0 saturated heterocycles. The zero-order valence-electron chi connectivity index (χ0n) is 12.3. The molecule has 0 aromatic heterocycles. The summed E-state index contributed by atoms with van der Waals surface area (Å²) in [7, 11) is 0. The van der Waals surface area contributed by atoms with Crippen LogP contribution in [0.15, 0.2) is 54.6 Å². The number of hydrogen-bond acceptors (Lipinski definition) is 3. The Morgan fingerprint density at radius 1 is 0.957 bits per heavy atom. The molecule has 0 bridgehead atoms. The van der Waals surface area contributed by atoms with Crippen molar-refractivity contribution in [1.82, 2.24) is 10.8 Å². The Bertz CT molecular complexity index is 659. The predicted octanol–water partition coefficient (Wildman–Crippen LogP) is 1.81. The lowest BCUT2D eigenvalue weighted by molar-refractivity contribution is -0.140. The summed E-state index contributed by atoms with van der Waals surface area (Å²) < 4.78 is 12.8. The van der Waals surface area contributed by atoms with Crippen molar-refractivity contribution in [3.05, 3.63) is 71.5 Å². The molecule has 0 aliphatic rings. The summed E-state index contributed by atoms with van der Waals surface area (Å²) in [4.78, 5) is 24.0. The van der Waals surface area contributed by atoms with Crippen LogP contribution >= 0.6 is 0 Å². The maximum atomic E-state index is 12.8. The first-order valence-corrected chi connectivity index (χ1v) is 7.10. The molecular weight excluding hydrogens is 299 g/mol. The van der Waals surface area contributed by atoms with Crippen LogP contribution in [0.1, 0.15) is 11.1 Å². The number of halogens is 1. The van der Waals surface area contributed by atoms with E-state index in [4.69, 9.17) is 5.21 Å². The Balaban J connectivity index is 2.01. The molecule has 0 radical (unpaired) electrons. The first kappa shape index (κ1) is 16.6. The van der Waals surface area contributed by atoms with Crippen LogP contribution in [-0.4, -0.2) is 17.0 Å². The van der Waals surface area contributed by atoms with Crippen LogP contribution in [0, 0.1) is 11.7 Å². The maximum Gasteiger partial charge on any atom is 0.256 e. The molecule has 2 rings (SSSR count). The van der Waals surface area contributed by atoms with Gasteiger partial charge in [-0.15, -0.1) is 0 Å². The summed E-state index contributed by atoms with van der Waals surface area (Å²) >= 11 is 0. The van der Waals surface area contributed by atoms with E-state index >= 15 is 0 Å². The van der Waals surface area contributed by atoms with Gasteiger partial charge in [0.2, 0.25) is 5.91 Å². The minimum Gasteiger partial charge on any atom is -0.351 e. The summed E-state index contributed by atoms with van der Waals surface area (Å²) in [5, 5.41) is 11.4. The van der Waals surface area contributed by atoms with Crippen molar-refractivity contribution in [2.24, 2.45) is 5.92 Å². The molecule has 3 N–H and O–H groups in total. The van der Waals surface area contributed by atoms with E-state index in [1.807, 2.05) is 6.07 Å². The number of hydroxylamine groups is 1. The molecule has 2 aromatic carbocycles. The Morgan fingerprint density at radius 3 is 2.22 bits per heavy atom. The normalized spacial score (nSPS) is 11.6. The van der Waals surface area contributed by atoms with Gasteiger partial charge in [-0.25, -0.2) is 9.87 Å². The van der Waals surface area contributed by atoms with Crippen molar-refractivity contribution < 1.29 is 19.2 Å². The van der Waals surface area contributed by atoms with Crippen LogP contribution in [0.3, 0.4) is 0 Å². The van der Waals surface area contributed by atoms with Crippen LogP contribution in [0.2, 0.25) is 0 Å². The topological polar surface area (TPSA) is 78.4 Å². The molecule has 1 unspecified atom stereocenters. The van der Waals surface area contributed by atoms with Gasteiger partial charge in [0.15, 0.2) is 0 Å². The molecule has 0 aliphatic carbocycles. The summed E-state index contributed by atoms with van der Waals surface area (Å²) in [6.07, 6.45) is 0.169. The fourth-order valence-electron chi connectivity index (χ4n) is 2.15. The molecule has 0 saturated carbocycles. The molecule has 2 amide bonds. The third-order valence-electron chi connectivity index (χ3n) is 3.41. The molecule has 6 heteroatoms. The maximum absolute atomic E-state index is 12.8. The number of hydrogen-bond donors (Lipinski definition) is 3. The lowest BCUT2D eigenvalue weighted by atomic mass is 9.97. The highest BCUT2D eigenvalue weighted by Gasteiger charge is 2.26. The molecule has 0 fully saturated rings. The van der Waals surface area contributed by atoms with Gasteiger partial charge < -0.3 is 5.32 Å². The second-order valence-electron chi connectivity index (χ2n) is 5.06. The van der Waals surface area contributed by atoms with E-state index in [0.717, 1.165) is 5.56 Å². The van der Waals surface area contributed by atoms with Gasteiger partial charge in [-0.2, -0.15) is 0 Å². The second kappa shape index (κ2) is 8.05. The molecule has 0 aliphatic heterocycles. The van der Waals surface area contributed by atoms with Crippen LogP contribution < -0.4 is 10.8 Å². The van der Waals surface area contributed by atoms with Crippen LogP contribution in [0.5, 0.6) is 0 Å². The number of benzene rings is 2. The van der Waals surface area contributed by atoms with Crippen molar-refractivity contribution in [3.8, 4) is 0 Å². The first-order valence-electron chi connectivity index (χ1n) is 7.10. The fourth-order valence-corrected chi connectivity index (χ4v) is 2.15. The standard InChI is InChI=1S/C17H17FN2O3/c18-14-8-6-13(7-9-14)11-19-16(21)15(17(22)20-23)10-12-4-2-1-3-5-12/h1-9,15,23H,10-11H2,(H,19,21)(H,20,22).